The van der Waals surface area contributed by atoms with Crippen LogP contribution in [0.2, 0.25) is 0 Å². The molecule has 2 aliphatic rings. The van der Waals surface area contributed by atoms with Crippen LogP contribution in [0, 0.1) is 18.8 Å². The monoisotopic (exact) mass is 754 g/mol. The van der Waals surface area contributed by atoms with Gasteiger partial charge >= 0.3 is 12.1 Å². The van der Waals surface area contributed by atoms with E-state index in [2.05, 4.69) is 32.1 Å². The SMILES string of the molecule is Cc1cc(N2CCN(S(=O)(=O)c3ccc4c(n3)CCN4C(=O)c3ccccc3N(C)S(C)(=O)=O)CC2)nc(OCC#CCNC(=O)OC(C)(C)C)n1. The number of aryl methyl sites for hydroxylation is 1. The maximum absolute atomic E-state index is 13.7. The molecule has 0 aliphatic carbocycles. The summed E-state index contributed by atoms with van der Waals surface area (Å²) in [7, 11) is -6.19. The molecule has 2 aliphatic heterocycles. The van der Waals surface area contributed by atoms with E-state index in [-0.39, 0.29) is 55.1 Å². The standard InChI is InChI=1S/C34H42N8O8S2/c1-24-23-29(38-32(36-24)49-22-10-9-16-35-33(44)50-34(2,3)4)40-18-20-41(21-19-40)52(47,48)30-14-13-28-26(37-30)15-17-42(28)31(43)25-11-7-8-12-27(25)39(5)51(6,45)46/h7-8,11-14,23H,15-22H2,1-6H3,(H,35,44). The van der Waals surface area contributed by atoms with Crippen LogP contribution in [-0.4, -0.2) is 113 Å². The van der Waals surface area contributed by atoms with Gasteiger partial charge in [0.15, 0.2) is 11.6 Å². The molecule has 0 radical (unpaired) electrons. The van der Waals surface area contributed by atoms with Gasteiger partial charge in [0.1, 0.15) is 11.4 Å². The van der Waals surface area contributed by atoms with Crippen LogP contribution in [-0.2, 0) is 31.2 Å². The summed E-state index contributed by atoms with van der Waals surface area (Å²) in [6.07, 6.45) is 0.840. The number of benzene rings is 1. The lowest BCUT2D eigenvalue weighted by molar-refractivity contribution is 0.0534. The number of rotatable bonds is 9. The number of nitrogens with zero attached hydrogens (tertiary/aromatic N) is 7. The molecule has 3 aromatic rings. The minimum atomic E-state index is -3.95. The van der Waals surface area contributed by atoms with E-state index < -0.39 is 37.6 Å². The Morgan fingerprint density at radius 2 is 1.67 bits per heavy atom. The van der Waals surface area contributed by atoms with Crippen LogP contribution in [0.1, 0.15) is 42.5 Å². The number of pyridine rings is 1. The van der Waals surface area contributed by atoms with Crippen molar-refractivity contribution in [1.82, 2.24) is 24.6 Å². The highest BCUT2D eigenvalue weighted by Crippen LogP contribution is 2.32. The molecule has 1 aromatic carbocycles. The molecule has 16 nitrogen and oxygen atoms in total. The smallest absolute Gasteiger partial charge is 0.408 e. The van der Waals surface area contributed by atoms with Gasteiger partial charge in [-0.25, -0.2) is 31.6 Å². The Bertz CT molecular complexity index is 2120. The Morgan fingerprint density at radius 3 is 2.37 bits per heavy atom. The number of anilines is 3. The molecule has 0 saturated carbocycles. The third-order valence-electron chi connectivity index (χ3n) is 8.11. The number of nitrogens with one attached hydrogen (secondary N) is 1. The lowest BCUT2D eigenvalue weighted by Gasteiger charge is -2.34. The van der Waals surface area contributed by atoms with E-state index in [0.29, 0.717) is 42.4 Å². The number of amides is 2. The number of piperazine rings is 1. The highest BCUT2D eigenvalue weighted by molar-refractivity contribution is 7.92. The predicted molar refractivity (Wildman–Crippen MR) is 195 cm³/mol. The van der Waals surface area contributed by atoms with Gasteiger partial charge in [-0.3, -0.25) is 9.10 Å². The van der Waals surface area contributed by atoms with Gasteiger partial charge in [-0.1, -0.05) is 24.0 Å². The summed E-state index contributed by atoms with van der Waals surface area (Å²) < 4.78 is 65.0. The fourth-order valence-corrected chi connectivity index (χ4v) is 7.43. The van der Waals surface area contributed by atoms with Gasteiger partial charge < -0.3 is 24.6 Å². The first-order chi connectivity index (χ1) is 24.4. The van der Waals surface area contributed by atoms with Crippen LogP contribution >= 0.6 is 0 Å². The van der Waals surface area contributed by atoms with Gasteiger partial charge in [-0.15, -0.1) is 0 Å². The zero-order chi connectivity index (χ0) is 37.8. The molecular formula is C34H42N8O8S2. The molecule has 1 saturated heterocycles. The minimum absolute atomic E-state index is 0.00156. The number of alkyl carbamates (subject to hydrolysis) is 1. The van der Waals surface area contributed by atoms with Gasteiger partial charge in [0.25, 0.3) is 15.9 Å². The largest absolute Gasteiger partial charge is 0.450 e. The van der Waals surface area contributed by atoms with Crippen LogP contribution in [0.3, 0.4) is 0 Å². The van der Waals surface area contributed by atoms with E-state index in [1.807, 2.05) is 4.90 Å². The molecule has 4 heterocycles. The number of ether oxygens (including phenoxy) is 2. The summed E-state index contributed by atoms with van der Waals surface area (Å²) in [4.78, 5) is 42.1. The van der Waals surface area contributed by atoms with E-state index >= 15 is 0 Å². The fraction of sp³-hybridized carbons (Fsp3) is 0.441. The topological polar surface area (TPSA) is 185 Å². The molecule has 1 N–H and O–H groups in total. The first-order valence-corrected chi connectivity index (χ1v) is 19.7. The van der Waals surface area contributed by atoms with Crippen molar-refractivity contribution in [2.75, 3.05) is 73.3 Å². The molecule has 0 bridgehead atoms. The molecule has 52 heavy (non-hydrogen) atoms. The van der Waals surface area contributed by atoms with E-state index in [9.17, 15) is 26.4 Å². The average Bonchev–Trinajstić information content (AvgIpc) is 3.51. The third kappa shape index (κ3) is 9.08. The van der Waals surface area contributed by atoms with Crippen LogP contribution in [0.5, 0.6) is 6.01 Å². The molecule has 0 atom stereocenters. The van der Waals surface area contributed by atoms with Gasteiger partial charge in [-0.2, -0.15) is 9.29 Å². The van der Waals surface area contributed by atoms with E-state index in [4.69, 9.17) is 9.47 Å². The second kappa shape index (κ2) is 15.3. The second-order valence-corrected chi connectivity index (χ2v) is 17.0. The van der Waals surface area contributed by atoms with Gasteiger partial charge in [0, 0.05) is 58.0 Å². The fourth-order valence-electron chi connectivity index (χ4n) is 5.54. The third-order valence-corrected chi connectivity index (χ3v) is 11.1. The Labute approximate surface area is 304 Å². The Balaban J connectivity index is 1.19. The van der Waals surface area contributed by atoms with Crippen molar-refractivity contribution in [3.8, 4) is 17.9 Å². The number of aromatic nitrogens is 3. The van der Waals surface area contributed by atoms with Crippen LogP contribution in [0.25, 0.3) is 0 Å². The molecule has 18 heteroatoms. The summed E-state index contributed by atoms with van der Waals surface area (Å²) in [5.41, 5.74) is 1.45. The van der Waals surface area contributed by atoms with E-state index in [1.165, 1.54) is 22.3 Å². The maximum atomic E-state index is 13.7. The molecular weight excluding hydrogens is 713 g/mol. The van der Waals surface area contributed by atoms with Crippen molar-refractivity contribution in [3.63, 3.8) is 0 Å². The number of hydrogen-bond donors (Lipinski definition) is 1. The highest BCUT2D eigenvalue weighted by Gasteiger charge is 2.34. The zero-order valence-corrected chi connectivity index (χ0v) is 31.5. The molecule has 1 fully saturated rings. The Morgan fingerprint density at radius 1 is 0.962 bits per heavy atom. The van der Waals surface area contributed by atoms with Crippen molar-refractivity contribution in [2.45, 2.75) is 44.7 Å². The van der Waals surface area contributed by atoms with Crippen molar-refractivity contribution in [3.05, 3.63) is 59.4 Å². The van der Waals surface area contributed by atoms with Crippen molar-refractivity contribution >= 4 is 49.2 Å². The molecule has 0 unspecified atom stereocenters. The van der Waals surface area contributed by atoms with Crippen molar-refractivity contribution < 1.29 is 35.9 Å². The minimum Gasteiger partial charge on any atom is -0.450 e. The molecule has 278 valence electrons. The molecule has 5 rings (SSSR count). The molecule has 0 spiro atoms. The summed E-state index contributed by atoms with van der Waals surface area (Å²) in [5, 5.41) is 2.44. The maximum Gasteiger partial charge on any atom is 0.408 e. The Kier molecular flexibility index (Phi) is 11.3. The lowest BCUT2D eigenvalue weighted by Crippen LogP contribution is -2.49. The highest BCUT2D eigenvalue weighted by atomic mass is 32.2. The first-order valence-electron chi connectivity index (χ1n) is 16.4. The van der Waals surface area contributed by atoms with Crippen LogP contribution < -0.4 is 24.2 Å². The number of carbonyl (C=O) groups is 2. The Hall–Kier alpha value is -4.99. The number of hydrogen-bond acceptors (Lipinski definition) is 12. The molecule has 2 aromatic heterocycles. The lowest BCUT2D eigenvalue weighted by atomic mass is 10.1. The van der Waals surface area contributed by atoms with Gasteiger partial charge in [0.05, 0.1) is 35.4 Å². The summed E-state index contributed by atoms with van der Waals surface area (Å²) in [6, 6.07) is 11.3. The summed E-state index contributed by atoms with van der Waals surface area (Å²) >= 11 is 0. The second-order valence-electron chi connectivity index (χ2n) is 13.1. The number of para-hydroxylation sites is 1. The van der Waals surface area contributed by atoms with Crippen molar-refractivity contribution in [1.29, 1.82) is 0 Å². The normalized spacial score (nSPS) is 15.0. The summed E-state index contributed by atoms with van der Waals surface area (Å²) in [5.74, 6) is 5.75. The van der Waals surface area contributed by atoms with E-state index in [1.54, 1.807) is 64.1 Å². The quantitative estimate of drug-likeness (QED) is 0.315. The van der Waals surface area contributed by atoms with Gasteiger partial charge in [-0.05, 0) is 52.0 Å². The number of sulfonamides is 2. The van der Waals surface area contributed by atoms with Crippen LogP contribution in [0.15, 0.2) is 47.5 Å². The average molecular weight is 755 g/mol. The number of carbonyl (C=O) groups excluding carboxylic acids is 2. The van der Waals surface area contributed by atoms with Crippen LogP contribution in [0.4, 0.5) is 22.0 Å². The van der Waals surface area contributed by atoms with Gasteiger partial charge in [0.2, 0.25) is 10.0 Å². The summed E-state index contributed by atoms with van der Waals surface area (Å²) in [6.45, 7) is 8.56. The predicted octanol–water partition coefficient (Wildman–Crippen LogP) is 2.20. The first kappa shape index (κ1) is 38.2. The zero-order valence-electron chi connectivity index (χ0n) is 29.9. The van der Waals surface area contributed by atoms with E-state index in [0.717, 1.165) is 10.6 Å². The van der Waals surface area contributed by atoms with Crippen molar-refractivity contribution in [2.24, 2.45) is 0 Å². The molecule has 2 amide bonds. The number of fused-ring (bicyclic) bond motifs is 1.